The highest BCUT2D eigenvalue weighted by Gasteiger charge is 2.51. The predicted octanol–water partition coefficient (Wildman–Crippen LogP) is 2.85. The van der Waals surface area contributed by atoms with Crippen molar-refractivity contribution in [2.75, 3.05) is 0 Å². The zero-order valence-electron chi connectivity index (χ0n) is 13.6. The minimum atomic E-state index is -0.811. The van der Waals surface area contributed by atoms with Crippen LogP contribution in [0.3, 0.4) is 0 Å². The van der Waals surface area contributed by atoms with E-state index in [9.17, 15) is 19.7 Å². The Bertz CT molecular complexity index is 766. The number of hydrogen-bond acceptors (Lipinski definition) is 5. The van der Waals surface area contributed by atoms with Gasteiger partial charge in [-0.05, 0) is 31.1 Å². The first-order valence-electron chi connectivity index (χ1n) is 8.14. The van der Waals surface area contributed by atoms with E-state index in [4.69, 9.17) is 0 Å². The van der Waals surface area contributed by atoms with Crippen LogP contribution in [0.2, 0.25) is 0 Å². The number of allylic oxidation sites excluding steroid dienone is 1. The van der Waals surface area contributed by atoms with Crippen LogP contribution in [0.15, 0.2) is 35.4 Å². The molecule has 0 unspecified atom stereocenters. The first kappa shape index (κ1) is 16.8. The molecule has 25 heavy (non-hydrogen) atoms. The van der Waals surface area contributed by atoms with E-state index in [1.165, 1.54) is 24.4 Å². The first-order chi connectivity index (χ1) is 12.0. The first-order valence-corrected chi connectivity index (χ1v) is 8.14. The number of para-hydroxylation sites is 1. The number of benzene rings is 1. The fourth-order valence-electron chi connectivity index (χ4n) is 3.25. The molecule has 130 valence electrons. The van der Waals surface area contributed by atoms with Crippen molar-refractivity contribution in [1.29, 1.82) is 0 Å². The van der Waals surface area contributed by atoms with Crippen molar-refractivity contribution in [2.45, 2.75) is 37.6 Å². The summed E-state index contributed by atoms with van der Waals surface area (Å²) in [4.78, 5) is 35.0. The lowest BCUT2D eigenvalue weighted by molar-refractivity contribution is -0.385. The summed E-state index contributed by atoms with van der Waals surface area (Å²) in [6, 6.07) is 5.75. The molecule has 1 saturated heterocycles. The third kappa shape index (κ3) is 3.28. The predicted molar refractivity (Wildman–Crippen MR) is 91.8 cm³/mol. The Balaban J connectivity index is 1.71. The summed E-state index contributed by atoms with van der Waals surface area (Å²) in [6.07, 6.45) is 8.40. The van der Waals surface area contributed by atoms with Crippen LogP contribution in [0, 0.1) is 10.1 Å². The highest BCUT2D eigenvalue weighted by molar-refractivity contribution is 6.07. The molecule has 0 aromatic heterocycles. The van der Waals surface area contributed by atoms with E-state index in [1.807, 2.05) is 0 Å². The van der Waals surface area contributed by atoms with Crippen molar-refractivity contribution < 1.29 is 14.5 Å². The van der Waals surface area contributed by atoms with Crippen molar-refractivity contribution in [1.82, 2.24) is 10.3 Å². The molecule has 1 aromatic rings. The van der Waals surface area contributed by atoms with Crippen molar-refractivity contribution >= 4 is 29.9 Å². The second-order valence-electron chi connectivity index (χ2n) is 6.13. The van der Waals surface area contributed by atoms with Crippen LogP contribution in [0.25, 0.3) is 6.08 Å². The second kappa shape index (κ2) is 6.84. The standard InChI is InChI=1S/C17H18N4O4/c22-15-17(10-4-1-5-11-17)19-16(23)20(15)18-12-6-8-13-7-2-3-9-14(13)21(24)25/h2-3,6-9,12H,1,4-5,10-11H2,(H,19,23). The summed E-state index contributed by atoms with van der Waals surface area (Å²) in [5, 5.41) is 18.5. The van der Waals surface area contributed by atoms with Gasteiger partial charge < -0.3 is 5.32 Å². The highest BCUT2D eigenvalue weighted by Crippen LogP contribution is 2.33. The van der Waals surface area contributed by atoms with Crippen molar-refractivity contribution in [3.63, 3.8) is 0 Å². The van der Waals surface area contributed by atoms with Crippen LogP contribution in [0.4, 0.5) is 10.5 Å². The van der Waals surface area contributed by atoms with Gasteiger partial charge in [0, 0.05) is 12.3 Å². The normalized spacial score (nSPS) is 19.9. The maximum Gasteiger partial charge on any atom is 0.346 e. The number of hydrazone groups is 1. The summed E-state index contributed by atoms with van der Waals surface area (Å²) in [5.41, 5.74) is -0.419. The van der Waals surface area contributed by atoms with Crippen LogP contribution in [-0.2, 0) is 4.79 Å². The topological polar surface area (TPSA) is 105 Å². The highest BCUT2D eigenvalue weighted by atomic mass is 16.6. The van der Waals surface area contributed by atoms with Crippen LogP contribution in [0.1, 0.15) is 37.7 Å². The molecular weight excluding hydrogens is 324 g/mol. The van der Waals surface area contributed by atoms with Crippen LogP contribution in [0.5, 0.6) is 0 Å². The van der Waals surface area contributed by atoms with Crippen molar-refractivity contribution in [2.24, 2.45) is 5.10 Å². The van der Waals surface area contributed by atoms with Gasteiger partial charge >= 0.3 is 6.03 Å². The molecule has 0 bridgehead atoms. The van der Waals surface area contributed by atoms with E-state index in [1.54, 1.807) is 18.2 Å². The Labute approximate surface area is 144 Å². The number of rotatable bonds is 4. The number of hydrogen-bond donors (Lipinski definition) is 1. The van der Waals surface area contributed by atoms with E-state index in [2.05, 4.69) is 10.4 Å². The zero-order valence-corrected chi connectivity index (χ0v) is 13.6. The largest absolute Gasteiger partial charge is 0.346 e. The van der Waals surface area contributed by atoms with Gasteiger partial charge in [0.2, 0.25) is 0 Å². The Morgan fingerprint density at radius 2 is 1.92 bits per heavy atom. The second-order valence-corrected chi connectivity index (χ2v) is 6.13. The van der Waals surface area contributed by atoms with Crippen LogP contribution in [-0.4, -0.2) is 33.6 Å². The van der Waals surface area contributed by atoms with E-state index in [0.717, 1.165) is 24.3 Å². The van der Waals surface area contributed by atoms with E-state index < -0.39 is 16.5 Å². The van der Waals surface area contributed by atoms with E-state index >= 15 is 0 Å². The molecule has 1 aromatic carbocycles. The molecular formula is C17H18N4O4. The van der Waals surface area contributed by atoms with Crippen LogP contribution >= 0.6 is 0 Å². The molecule has 1 aliphatic carbocycles. The van der Waals surface area contributed by atoms with Gasteiger partial charge in [0.1, 0.15) is 5.54 Å². The molecule has 3 rings (SSSR count). The quantitative estimate of drug-likeness (QED) is 0.393. The van der Waals surface area contributed by atoms with E-state index in [0.29, 0.717) is 18.4 Å². The van der Waals surface area contributed by atoms with Gasteiger partial charge in [0.25, 0.3) is 11.6 Å². The lowest BCUT2D eigenvalue weighted by Gasteiger charge is -2.29. The molecule has 0 radical (unpaired) electrons. The third-order valence-corrected chi connectivity index (χ3v) is 4.52. The average Bonchev–Trinajstić information content (AvgIpc) is 2.83. The third-order valence-electron chi connectivity index (χ3n) is 4.52. The van der Waals surface area contributed by atoms with E-state index in [-0.39, 0.29) is 11.6 Å². The molecule has 8 heteroatoms. The number of urea groups is 1. The number of carbonyl (C=O) groups excluding carboxylic acids is 2. The molecule has 3 amide bonds. The summed E-state index contributed by atoms with van der Waals surface area (Å²) in [6.45, 7) is 0. The number of nitro benzene ring substituents is 1. The van der Waals surface area contributed by atoms with Gasteiger partial charge in [-0.25, -0.2) is 4.79 Å². The molecule has 2 fully saturated rings. The van der Waals surface area contributed by atoms with Gasteiger partial charge in [0.15, 0.2) is 0 Å². The van der Waals surface area contributed by atoms with Gasteiger partial charge in [-0.2, -0.15) is 5.10 Å². The molecule has 2 aliphatic rings. The van der Waals surface area contributed by atoms with Gasteiger partial charge in [-0.15, -0.1) is 5.01 Å². The lowest BCUT2D eigenvalue weighted by Crippen LogP contribution is -2.48. The molecule has 1 heterocycles. The molecule has 1 N–H and O–H groups in total. The summed E-state index contributed by atoms with van der Waals surface area (Å²) < 4.78 is 0. The number of amides is 3. The maximum absolute atomic E-state index is 12.5. The SMILES string of the molecule is O=C1NC2(CCCCC2)C(=O)N1N=CC=Cc1ccccc1[N+](=O)[O-]. The smallest absolute Gasteiger partial charge is 0.321 e. The van der Waals surface area contributed by atoms with Crippen molar-refractivity contribution in [3.8, 4) is 0 Å². The molecule has 1 saturated carbocycles. The lowest BCUT2D eigenvalue weighted by atomic mass is 9.82. The molecule has 8 nitrogen and oxygen atoms in total. The summed E-state index contributed by atoms with van der Waals surface area (Å²) in [7, 11) is 0. The number of nitrogens with one attached hydrogen (secondary N) is 1. The summed E-state index contributed by atoms with van der Waals surface area (Å²) in [5.74, 6) is -0.326. The fraction of sp³-hybridized carbons (Fsp3) is 0.353. The molecule has 0 atom stereocenters. The number of nitrogens with zero attached hydrogens (tertiary/aromatic N) is 3. The summed E-state index contributed by atoms with van der Waals surface area (Å²) >= 11 is 0. The Kier molecular flexibility index (Phi) is 4.60. The number of imide groups is 1. The average molecular weight is 342 g/mol. The minimum Gasteiger partial charge on any atom is -0.321 e. The number of nitro groups is 1. The zero-order chi connectivity index (χ0) is 17.9. The fourth-order valence-corrected chi connectivity index (χ4v) is 3.25. The van der Waals surface area contributed by atoms with Gasteiger partial charge in [-0.1, -0.05) is 31.4 Å². The Morgan fingerprint density at radius 3 is 2.64 bits per heavy atom. The minimum absolute atomic E-state index is 0.0247. The van der Waals surface area contributed by atoms with Gasteiger partial charge in [-0.3, -0.25) is 14.9 Å². The van der Waals surface area contributed by atoms with Gasteiger partial charge in [0.05, 0.1) is 10.5 Å². The number of carbonyl (C=O) groups is 2. The van der Waals surface area contributed by atoms with Crippen LogP contribution < -0.4 is 5.32 Å². The van der Waals surface area contributed by atoms with Crippen molar-refractivity contribution in [3.05, 3.63) is 46.0 Å². The Hall–Kier alpha value is -3.03. The molecule has 1 aliphatic heterocycles. The monoisotopic (exact) mass is 342 g/mol. The maximum atomic E-state index is 12.5. The molecule has 1 spiro atoms. The Morgan fingerprint density at radius 1 is 1.20 bits per heavy atom.